The van der Waals surface area contributed by atoms with Crippen molar-refractivity contribution in [2.24, 2.45) is 0 Å². The van der Waals surface area contributed by atoms with Crippen LogP contribution in [0.5, 0.6) is 0 Å². The average molecular weight is 214 g/mol. The van der Waals surface area contributed by atoms with Gasteiger partial charge in [-0.25, -0.2) is 0 Å². The molecule has 0 heterocycles. The minimum absolute atomic E-state index is 0.800. The lowest BCUT2D eigenvalue weighted by molar-refractivity contribution is 1.42. The number of thiol groups is 1. The van der Waals surface area contributed by atoms with E-state index in [0.717, 1.165) is 5.75 Å². The molecule has 0 aliphatic heterocycles. The fourth-order valence-electron chi connectivity index (χ4n) is 1.63. The molecule has 0 radical (unpaired) electrons. The van der Waals surface area contributed by atoms with Gasteiger partial charge in [0.25, 0.3) is 0 Å². The Kier molecular flexibility index (Phi) is 3.12. The summed E-state index contributed by atoms with van der Waals surface area (Å²) in [5.41, 5.74) is 5.10. The van der Waals surface area contributed by atoms with E-state index in [2.05, 4.69) is 68.1 Å². The lowest BCUT2D eigenvalue weighted by Crippen LogP contribution is -1.81. The molecule has 0 aliphatic carbocycles. The highest BCUT2D eigenvalue weighted by molar-refractivity contribution is 7.79. The second kappa shape index (κ2) is 4.54. The molecule has 0 saturated carbocycles. The summed E-state index contributed by atoms with van der Waals surface area (Å²) in [5.74, 6) is 0.800. The molecule has 76 valence electrons. The number of rotatable bonds is 2. The van der Waals surface area contributed by atoms with Crippen LogP contribution in [-0.4, -0.2) is 0 Å². The van der Waals surface area contributed by atoms with E-state index >= 15 is 0 Å². The molecule has 0 spiro atoms. The molecular formula is C14H14S. The third-order valence-electron chi connectivity index (χ3n) is 2.49. The standard InChI is InChI=1S/C14H14S/c1-11-3-2-4-14(9-11)13-7-5-12(10-15)6-8-13/h2-9,15H,10H2,1H3. The monoisotopic (exact) mass is 214 g/mol. The minimum Gasteiger partial charge on any atom is -0.175 e. The second-order valence-corrected chi connectivity index (χ2v) is 4.04. The Morgan fingerprint density at radius 1 is 0.933 bits per heavy atom. The molecule has 0 N–H and O–H groups in total. The maximum atomic E-state index is 4.25. The fraction of sp³-hybridized carbons (Fsp3) is 0.143. The Morgan fingerprint density at radius 2 is 1.67 bits per heavy atom. The predicted molar refractivity (Wildman–Crippen MR) is 69.3 cm³/mol. The highest BCUT2D eigenvalue weighted by atomic mass is 32.1. The number of benzene rings is 2. The molecule has 0 bridgehead atoms. The lowest BCUT2D eigenvalue weighted by atomic mass is 10.0. The average Bonchev–Trinajstić information content (AvgIpc) is 2.29. The minimum atomic E-state index is 0.800. The first-order valence-electron chi connectivity index (χ1n) is 5.06. The van der Waals surface area contributed by atoms with Crippen LogP contribution >= 0.6 is 12.6 Å². The Labute approximate surface area is 96.4 Å². The summed E-state index contributed by atoms with van der Waals surface area (Å²) in [4.78, 5) is 0. The summed E-state index contributed by atoms with van der Waals surface area (Å²) in [6.07, 6.45) is 0. The van der Waals surface area contributed by atoms with E-state index in [4.69, 9.17) is 0 Å². The molecule has 0 fully saturated rings. The SMILES string of the molecule is Cc1cccc(-c2ccc(CS)cc2)c1. The van der Waals surface area contributed by atoms with Gasteiger partial charge in [0.05, 0.1) is 0 Å². The van der Waals surface area contributed by atoms with Crippen molar-refractivity contribution < 1.29 is 0 Å². The van der Waals surface area contributed by atoms with Crippen molar-refractivity contribution in [2.45, 2.75) is 12.7 Å². The van der Waals surface area contributed by atoms with Gasteiger partial charge in [-0.05, 0) is 23.6 Å². The van der Waals surface area contributed by atoms with E-state index in [1.165, 1.54) is 22.3 Å². The van der Waals surface area contributed by atoms with Crippen molar-refractivity contribution in [3.8, 4) is 11.1 Å². The quantitative estimate of drug-likeness (QED) is 0.715. The van der Waals surface area contributed by atoms with E-state index in [0.29, 0.717) is 0 Å². The molecule has 2 aromatic carbocycles. The van der Waals surface area contributed by atoms with Crippen molar-refractivity contribution in [3.05, 3.63) is 59.7 Å². The van der Waals surface area contributed by atoms with Gasteiger partial charge in [0.15, 0.2) is 0 Å². The third-order valence-corrected chi connectivity index (χ3v) is 2.85. The van der Waals surface area contributed by atoms with Crippen LogP contribution in [0.4, 0.5) is 0 Å². The number of hydrogen-bond donors (Lipinski definition) is 1. The smallest absolute Gasteiger partial charge is 0.0154 e. The summed E-state index contributed by atoms with van der Waals surface area (Å²) >= 11 is 4.25. The van der Waals surface area contributed by atoms with Crippen molar-refractivity contribution in [1.82, 2.24) is 0 Å². The molecule has 0 unspecified atom stereocenters. The van der Waals surface area contributed by atoms with Crippen molar-refractivity contribution >= 4 is 12.6 Å². The summed E-state index contributed by atoms with van der Waals surface area (Å²) < 4.78 is 0. The summed E-state index contributed by atoms with van der Waals surface area (Å²) in [6, 6.07) is 17.1. The van der Waals surface area contributed by atoms with Gasteiger partial charge in [-0.2, -0.15) is 12.6 Å². The molecule has 2 aromatic rings. The van der Waals surface area contributed by atoms with Crippen LogP contribution in [-0.2, 0) is 5.75 Å². The normalized spacial score (nSPS) is 10.3. The molecule has 0 atom stereocenters. The van der Waals surface area contributed by atoms with Crippen LogP contribution in [0.15, 0.2) is 48.5 Å². The zero-order chi connectivity index (χ0) is 10.7. The Morgan fingerprint density at radius 3 is 2.27 bits per heavy atom. The first-order valence-corrected chi connectivity index (χ1v) is 5.69. The van der Waals surface area contributed by atoms with E-state index in [1.54, 1.807) is 0 Å². The first-order chi connectivity index (χ1) is 7.29. The molecular weight excluding hydrogens is 200 g/mol. The maximum absolute atomic E-state index is 4.25. The first kappa shape index (κ1) is 10.3. The molecule has 0 nitrogen and oxygen atoms in total. The summed E-state index contributed by atoms with van der Waals surface area (Å²) in [5, 5.41) is 0. The van der Waals surface area contributed by atoms with Crippen molar-refractivity contribution in [3.63, 3.8) is 0 Å². The Hall–Kier alpha value is -1.21. The van der Waals surface area contributed by atoms with Crippen LogP contribution < -0.4 is 0 Å². The van der Waals surface area contributed by atoms with Crippen molar-refractivity contribution in [2.75, 3.05) is 0 Å². The molecule has 2 rings (SSSR count). The molecule has 0 aromatic heterocycles. The van der Waals surface area contributed by atoms with E-state index in [-0.39, 0.29) is 0 Å². The molecule has 1 heteroatoms. The Balaban J connectivity index is 2.37. The van der Waals surface area contributed by atoms with Crippen LogP contribution in [0, 0.1) is 6.92 Å². The summed E-state index contributed by atoms with van der Waals surface area (Å²) in [7, 11) is 0. The van der Waals surface area contributed by atoms with Gasteiger partial charge in [0.2, 0.25) is 0 Å². The van der Waals surface area contributed by atoms with Crippen LogP contribution in [0.1, 0.15) is 11.1 Å². The third kappa shape index (κ3) is 2.42. The van der Waals surface area contributed by atoms with Crippen LogP contribution in [0.25, 0.3) is 11.1 Å². The molecule has 0 amide bonds. The van der Waals surface area contributed by atoms with Gasteiger partial charge < -0.3 is 0 Å². The van der Waals surface area contributed by atoms with Gasteiger partial charge >= 0.3 is 0 Å². The Bertz CT molecular complexity index is 443. The largest absolute Gasteiger partial charge is 0.175 e. The predicted octanol–water partition coefficient (Wildman–Crippen LogP) is 4.09. The van der Waals surface area contributed by atoms with E-state index < -0.39 is 0 Å². The molecule has 15 heavy (non-hydrogen) atoms. The van der Waals surface area contributed by atoms with Gasteiger partial charge in [-0.1, -0.05) is 54.1 Å². The summed E-state index contributed by atoms with van der Waals surface area (Å²) in [6.45, 7) is 2.12. The lowest BCUT2D eigenvalue weighted by Gasteiger charge is -2.03. The van der Waals surface area contributed by atoms with Gasteiger partial charge in [0.1, 0.15) is 0 Å². The maximum Gasteiger partial charge on any atom is 0.0154 e. The highest BCUT2D eigenvalue weighted by Gasteiger charge is 1.97. The van der Waals surface area contributed by atoms with Crippen LogP contribution in [0.2, 0.25) is 0 Å². The fourth-order valence-corrected chi connectivity index (χ4v) is 1.84. The van der Waals surface area contributed by atoms with Gasteiger partial charge in [0, 0.05) is 5.75 Å². The number of aryl methyl sites for hydroxylation is 1. The van der Waals surface area contributed by atoms with Crippen molar-refractivity contribution in [1.29, 1.82) is 0 Å². The van der Waals surface area contributed by atoms with E-state index in [9.17, 15) is 0 Å². The molecule has 0 saturated heterocycles. The highest BCUT2D eigenvalue weighted by Crippen LogP contribution is 2.21. The van der Waals surface area contributed by atoms with Crippen LogP contribution in [0.3, 0.4) is 0 Å². The van der Waals surface area contributed by atoms with Gasteiger partial charge in [-0.3, -0.25) is 0 Å². The molecule has 0 aliphatic rings. The zero-order valence-electron chi connectivity index (χ0n) is 8.77. The van der Waals surface area contributed by atoms with Gasteiger partial charge in [-0.15, -0.1) is 0 Å². The zero-order valence-corrected chi connectivity index (χ0v) is 9.67. The topological polar surface area (TPSA) is 0 Å². The second-order valence-electron chi connectivity index (χ2n) is 3.72. The number of hydrogen-bond acceptors (Lipinski definition) is 1. The van der Waals surface area contributed by atoms with E-state index in [1.807, 2.05) is 0 Å².